The van der Waals surface area contributed by atoms with E-state index < -0.39 is 23.0 Å². The summed E-state index contributed by atoms with van der Waals surface area (Å²) >= 11 is 1.38. The third-order valence-electron chi connectivity index (χ3n) is 3.75. The Morgan fingerprint density at radius 1 is 1.27 bits per heavy atom. The van der Waals surface area contributed by atoms with Crippen LogP contribution in [0.4, 0.5) is 18.9 Å². The second kappa shape index (κ2) is 6.77. The lowest BCUT2D eigenvalue weighted by molar-refractivity contribution is -0.136. The molecule has 0 saturated carbocycles. The van der Waals surface area contributed by atoms with Crippen LogP contribution in [-0.4, -0.2) is 9.55 Å². The smallest absolute Gasteiger partial charge is 0.311 e. The Morgan fingerprint density at radius 2 is 1.96 bits per heavy atom. The number of aromatic nitrogens is 2. The van der Waals surface area contributed by atoms with Crippen LogP contribution in [0.25, 0.3) is 16.1 Å². The minimum atomic E-state index is -4.79. The van der Waals surface area contributed by atoms with Gasteiger partial charge in [-0.25, -0.2) is 9.83 Å². The molecule has 0 fully saturated rings. The summed E-state index contributed by atoms with van der Waals surface area (Å²) in [5.74, 6) is 0. The number of pyridine rings is 1. The van der Waals surface area contributed by atoms with Crippen molar-refractivity contribution in [2.24, 2.45) is 0 Å². The lowest BCUT2D eigenvalue weighted by atomic mass is 10.1. The van der Waals surface area contributed by atoms with Gasteiger partial charge in [0, 0.05) is 11.1 Å². The first-order valence-corrected chi connectivity index (χ1v) is 8.38. The second-order valence-electron chi connectivity index (χ2n) is 5.52. The molecule has 3 aromatic rings. The quantitative estimate of drug-likeness (QED) is 0.611. The largest absolute Gasteiger partial charge is 0.407 e. The van der Waals surface area contributed by atoms with Gasteiger partial charge in [0.15, 0.2) is 0 Å². The fourth-order valence-corrected chi connectivity index (χ4v) is 3.21. The third kappa shape index (κ3) is 3.39. The van der Waals surface area contributed by atoms with E-state index in [1.54, 1.807) is 42.6 Å². The van der Waals surface area contributed by atoms with Crippen molar-refractivity contribution >= 4 is 17.0 Å². The van der Waals surface area contributed by atoms with Crippen LogP contribution >= 0.6 is 11.3 Å². The molecule has 0 atom stereocenters. The van der Waals surface area contributed by atoms with Gasteiger partial charge in [-0.2, -0.15) is 13.2 Å². The molecule has 2 heterocycles. The fourth-order valence-electron chi connectivity index (χ4n) is 2.61. The van der Waals surface area contributed by atoms with E-state index in [0.29, 0.717) is 11.3 Å². The molecule has 0 spiro atoms. The van der Waals surface area contributed by atoms with Crippen LogP contribution in [0.15, 0.2) is 46.6 Å². The van der Waals surface area contributed by atoms with E-state index in [1.807, 2.05) is 0 Å². The average molecular weight is 375 g/mol. The molecule has 2 aromatic heterocycles. The molecule has 0 saturated heterocycles. The fraction of sp³-hybridized carbons (Fsp3) is 0.167. The van der Waals surface area contributed by atoms with Gasteiger partial charge in [-0.3, -0.25) is 4.79 Å². The van der Waals surface area contributed by atoms with Crippen LogP contribution in [0.1, 0.15) is 16.3 Å². The van der Waals surface area contributed by atoms with Gasteiger partial charge in [-0.1, -0.05) is 30.3 Å². The predicted octanol–water partition coefficient (Wildman–Crippen LogP) is 4.90. The maximum atomic E-state index is 13.4. The molecular formula is C18H12F3N3OS. The zero-order valence-corrected chi connectivity index (χ0v) is 14.4. The first-order valence-electron chi connectivity index (χ1n) is 7.50. The first kappa shape index (κ1) is 17.9. The molecule has 0 radical (unpaired) electrons. The number of benzene rings is 1. The highest BCUT2D eigenvalue weighted by molar-refractivity contribution is 7.09. The molecule has 0 bridgehead atoms. The van der Waals surface area contributed by atoms with Crippen molar-refractivity contribution in [1.82, 2.24) is 9.55 Å². The molecular weight excluding hydrogens is 363 g/mol. The maximum absolute atomic E-state index is 13.4. The molecule has 1 aromatic carbocycles. The highest BCUT2D eigenvalue weighted by Gasteiger charge is 2.36. The van der Waals surface area contributed by atoms with Gasteiger partial charge in [-0.15, -0.1) is 11.3 Å². The van der Waals surface area contributed by atoms with Gasteiger partial charge < -0.3 is 4.57 Å². The van der Waals surface area contributed by atoms with E-state index in [1.165, 1.54) is 15.9 Å². The van der Waals surface area contributed by atoms with Crippen molar-refractivity contribution in [1.29, 1.82) is 0 Å². The lowest BCUT2D eigenvalue weighted by Gasteiger charge is -2.17. The van der Waals surface area contributed by atoms with E-state index in [2.05, 4.69) is 9.83 Å². The van der Waals surface area contributed by atoms with Crippen LogP contribution in [0.5, 0.6) is 0 Å². The molecule has 0 amide bonds. The molecule has 4 nitrogen and oxygen atoms in total. The van der Waals surface area contributed by atoms with E-state index >= 15 is 0 Å². The van der Waals surface area contributed by atoms with Crippen molar-refractivity contribution < 1.29 is 13.2 Å². The van der Waals surface area contributed by atoms with Gasteiger partial charge >= 0.3 is 6.18 Å². The standard InChI is InChI=1S/C18H12F3N3OS/c1-11-23-13(10-26-11)9-24-15(12-6-4-3-5-7-12)8-14(18(19,20)21)16(22-2)17(24)25/h3-8,10H,9H2,1H3. The molecule has 3 rings (SSSR count). The average Bonchev–Trinajstić information content (AvgIpc) is 3.01. The third-order valence-corrected chi connectivity index (χ3v) is 4.57. The van der Waals surface area contributed by atoms with Crippen molar-refractivity contribution in [2.45, 2.75) is 19.6 Å². The van der Waals surface area contributed by atoms with Crippen molar-refractivity contribution in [3.63, 3.8) is 0 Å². The zero-order valence-electron chi connectivity index (χ0n) is 13.5. The van der Waals surface area contributed by atoms with Crippen LogP contribution in [0.3, 0.4) is 0 Å². The normalized spacial score (nSPS) is 11.3. The molecule has 132 valence electrons. The van der Waals surface area contributed by atoms with Gasteiger partial charge in [0.1, 0.15) is 0 Å². The molecule has 26 heavy (non-hydrogen) atoms. The van der Waals surface area contributed by atoms with Crippen LogP contribution in [-0.2, 0) is 12.7 Å². The van der Waals surface area contributed by atoms with Gasteiger partial charge in [0.05, 0.1) is 29.4 Å². The molecule has 0 unspecified atom stereocenters. The number of thiazole rings is 1. The molecule has 0 aliphatic rings. The summed E-state index contributed by atoms with van der Waals surface area (Å²) < 4.78 is 41.3. The summed E-state index contributed by atoms with van der Waals surface area (Å²) in [6, 6.07) is 9.18. The van der Waals surface area contributed by atoms with Crippen molar-refractivity contribution in [2.75, 3.05) is 0 Å². The van der Waals surface area contributed by atoms with E-state index in [0.717, 1.165) is 11.1 Å². The van der Waals surface area contributed by atoms with Crippen LogP contribution < -0.4 is 5.56 Å². The summed E-state index contributed by atoms with van der Waals surface area (Å²) in [5.41, 5.74) is -2.01. The van der Waals surface area contributed by atoms with Crippen molar-refractivity contribution in [3.05, 3.63) is 79.8 Å². The van der Waals surface area contributed by atoms with Gasteiger partial charge in [0.25, 0.3) is 11.2 Å². The summed E-state index contributed by atoms with van der Waals surface area (Å²) in [6.07, 6.45) is -4.79. The number of hydrogen-bond donors (Lipinski definition) is 0. The molecule has 0 N–H and O–H groups in total. The number of alkyl halides is 3. The topological polar surface area (TPSA) is 39.2 Å². The molecule has 0 aliphatic heterocycles. The van der Waals surface area contributed by atoms with Gasteiger partial charge in [-0.05, 0) is 18.6 Å². The number of nitrogens with zero attached hydrogens (tertiary/aromatic N) is 3. The Balaban J connectivity index is 2.30. The van der Waals surface area contributed by atoms with E-state index in [9.17, 15) is 18.0 Å². The zero-order chi connectivity index (χ0) is 18.9. The Labute approximate surface area is 151 Å². The van der Waals surface area contributed by atoms with E-state index in [4.69, 9.17) is 6.57 Å². The molecule has 8 heteroatoms. The van der Waals surface area contributed by atoms with Crippen LogP contribution in [0, 0.1) is 13.5 Å². The number of hydrogen-bond acceptors (Lipinski definition) is 3. The summed E-state index contributed by atoms with van der Waals surface area (Å²) in [4.78, 5) is 19.8. The maximum Gasteiger partial charge on any atom is 0.407 e. The summed E-state index contributed by atoms with van der Waals surface area (Å²) in [6.45, 7) is 8.85. The summed E-state index contributed by atoms with van der Waals surface area (Å²) in [5, 5.41) is 2.53. The number of halogens is 3. The Morgan fingerprint density at radius 3 is 2.50 bits per heavy atom. The summed E-state index contributed by atoms with van der Waals surface area (Å²) in [7, 11) is 0. The van der Waals surface area contributed by atoms with Crippen LogP contribution in [0.2, 0.25) is 0 Å². The monoisotopic (exact) mass is 375 g/mol. The van der Waals surface area contributed by atoms with Crippen molar-refractivity contribution in [3.8, 4) is 11.3 Å². The number of aryl methyl sites for hydroxylation is 1. The van der Waals surface area contributed by atoms with E-state index in [-0.39, 0.29) is 12.2 Å². The Bertz CT molecular complexity index is 1050. The highest BCUT2D eigenvalue weighted by Crippen LogP contribution is 2.37. The van der Waals surface area contributed by atoms with Gasteiger partial charge in [0.2, 0.25) is 0 Å². The first-order chi connectivity index (χ1) is 12.3. The predicted molar refractivity (Wildman–Crippen MR) is 93.4 cm³/mol. The Kier molecular flexibility index (Phi) is 4.66. The SMILES string of the molecule is [C-]#[N+]c1c(C(F)(F)F)cc(-c2ccccc2)n(Cc2csc(C)n2)c1=O. The lowest BCUT2D eigenvalue weighted by Crippen LogP contribution is -2.25. The second-order valence-corrected chi connectivity index (χ2v) is 6.58. The highest BCUT2D eigenvalue weighted by atomic mass is 32.1. The minimum absolute atomic E-state index is 0.00589. The molecule has 0 aliphatic carbocycles. The number of rotatable bonds is 3. The minimum Gasteiger partial charge on any atom is -0.311 e. The Hall–Kier alpha value is -2.92.